The smallest absolute Gasteiger partial charge is 0.255 e. The lowest BCUT2D eigenvalue weighted by molar-refractivity contribution is 0.102. The van der Waals surface area contributed by atoms with Crippen molar-refractivity contribution >= 4 is 21.6 Å². The first-order valence-corrected chi connectivity index (χ1v) is 12.2. The van der Waals surface area contributed by atoms with Crippen molar-refractivity contribution in [1.29, 1.82) is 0 Å². The highest BCUT2D eigenvalue weighted by Gasteiger charge is 2.27. The lowest BCUT2D eigenvalue weighted by atomic mass is 10.1. The van der Waals surface area contributed by atoms with Gasteiger partial charge in [0.1, 0.15) is 5.75 Å². The van der Waals surface area contributed by atoms with Crippen molar-refractivity contribution < 1.29 is 27.4 Å². The second-order valence-corrected chi connectivity index (χ2v) is 9.25. The van der Waals surface area contributed by atoms with Gasteiger partial charge in [0.05, 0.1) is 30.9 Å². The number of nitrogens with one attached hydrogen (secondary N) is 1. The number of benzene rings is 2. The number of ether oxygens (including phenoxy) is 3. The van der Waals surface area contributed by atoms with Crippen LogP contribution in [0.25, 0.3) is 0 Å². The van der Waals surface area contributed by atoms with Crippen LogP contribution in [0.4, 0.5) is 5.69 Å². The number of rotatable bonds is 9. The summed E-state index contributed by atoms with van der Waals surface area (Å²) < 4.78 is 44.1. The second kappa shape index (κ2) is 10.7. The zero-order chi connectivity index (χ0) is 23.1. The molecule has 1 heterocycles. The Morgan fingerprint density at radius 1 is 0.938 bits per heavy atom. The summed E-state index contributed by atoms with van der Waals surface area (Å²) >= 11 is 0. The summed E-state index contributed by atoms with van der Waals surface area (Å²) in [6, 6.07) is 9.42. The van der Waals surface area contributed by atoms with Crippen LogP contribution in [-0.2, 0) is 10.0 Å². The largest absolute Gasteiger partial charge is 0.493 e. The van der Waals surface area contributed by atoms with Gasteiger partial charge in [-0.05, 0) is 63.1 Å². The Labute approximate surface area is 189 Å². The number of amides is 1. The summed E-state index contributed by atoms with van der Waals surface area (Å²) in [7, 11) is -2.15. The summed E-state index contributed by atoms with van der Waals surface area (Å²) in [5.41, 5.74) is 0.639. The van der Waals surface area contributed by atoms with Gasteiger partial charge >= 0.3 is 0 Å². The summed E-state index contributed by atoms with van der Waals surface area (Å²) in [6.07, 6.45) is 2.72. The molecule has 1 fully saturated rings. The summed E-state index contributed by atoms with van der Waals surface area (Å²) in [5.74, 6) is 0.957. The SMILES string of the molecule is CCOc1ccc(S(=O)(=O)N2CCCCC2)cc1NC(=O)c1ccc(OCC)c(OC)c1. The molecule has 1 N–H and O–H groups in total. The molecule has 2 aromatic carbocycles. The second-order valence-electron chi connectivity index (χ2n) is 7.31. The van der Waals surface area contributed by atoms with Gasteiger partial charge < -0.3 is 19.5 Å². The third-order valence-electron chi connectivity index (χ3n) is 5.18. The minimum absolute atomic E-state index is 0.127. The van der Waals surface area contributed by atoms with E-state index in [9.17, 15) is 13.2 Å². The number of piperidine rings is 1. The Morgan fingerprint density at radius 3 is 2.25 bits per heavy atom. The first-order chi connectivity index (χ1) is 15.4. The number of nitrogens with zero attached hydrogens (tertiary/aromatic N) is 1. The Balaban J connectivity index is 1.90. The predicted octanol–water partition coefficient (Wildman–Crippen LogP) is 3.92. The molecule has 0 unspecified atom stereocenters. The standard InChI is InChI=1S/C23H30N2O6S/c1-4-30-20-12-10-18(32(27,28)25-13-7-6-8-14-25)16-19(20)24-23(26)17-9-11-21(31-5-2)22(15-17)29-3/h9-12,15-16H,4-8,13-14H2,1-3H3,(H,24,26). The molecule has 0 bridgehead atoms. The molecule has 0 radical (unpaired) electrons. The third-order valence-corrected chi connectivity index (χ3v) is 7.07. The van der Waals surface area contributed by atoms with E-state index in [1.807, 2.05) is 13.8 Å². The molecule has 0 saturated carbocycles. The van der Waals surface area contributed by atoms with Crippen molar-refractivity contribution in [2.24, 2.45) is 0 Å². The topological polar surface area (TPSA) is 94.2 Å². The zero-order valence-electron chi connectivity index (χ0n) is 18.7. The predicted molar refractivity (Wildman–Crippen MR) is 122 cm³/mol. The van der Waals surface area contributed by atoms with Crippen LogP contribution in [-0.4, -0.2) is 52.0 Å². The van der Waals surface area contributed by atoms with Crippen LogP contribution in [0.3, 0.4) is 0 Å². The first kappa shape index (κ1) is 23.9. The molecule has 0 aromatic heterocycles. The number of carbonyl (C=O) groups excluding carboxylic acids is 1. The van der Waals surface area contributed by atoms with Gasteiger partial charge in [-0.25, -0.2) is 8.42 Å². The molecule has 0 aliphatic carbocycles. The van der Waals surface area contributed by atoms with Crippen LogP contribution >= 0.6 is 0 Å². The fourth-order valence-electron chi connectivity index (χ4n) is 3.58. The molecule has 0 atom stereocenters. The van der Waals surface area contributed by atoms with Crippen LogP contribution in [0.15, 0.2) is 41.3 Å². The van der Waals surface area contributed by atoms with Gasteiger partial charge in [0.25, 0.3) is 5.91 Å². The fraction of sp³-hybridized carbons (Fsp3) is 0.435. The Hall–Kier alpha value is -2.78. The Morgan fingerprint density at radius 2 is 1.59 bits per heavy atom. The zero-order valence-corrected chi connectivity index (χ0v) is 19.5. The van der Waals surface area contributed by atoms with Crippen molar-refractivity contribution in [2.75, 3.05) is 38.7 Å². The van der Waals surface area contributed by atoms with Crippen LogP contribution < -0.4 is 19.5 Å². The van der Waals surface area contributed by atoms with E-state index in [0.717, 1.165) is 19.3 Å². The van der Waals surface area contributed by atoms with Crippen LogP contribution in [0, 0.1) is 0 Å². The highest BCUT2D eigenvalue weighted by atomic mass is 32.2. The van der Waals surface area contributed by atoms with Crippen molar-refractivity contribution in [3.8, 4) is 17.2 Å². The number of carbonyl (C=O) groups is 1. The quantitative estimate of drug-likeness (QED) is 0.607. The molecule has 8 nitrogen and oxygen atoms in total. The molecule has 0 spiro atoms. The normalized spacial score (nSPS) is 14.6. The monoisotopic (exact) mass is 462 g/mol. The summed E-state index contributed by atoms with van der Waals surface area (Å²) in [5, 5.41) is 2.79. The lowest BCUT2D eigenvalue weighted by Gasteiger charge is -2.26. The minimum atomic E-state index is -3.65. The van der Waals surface area contributed by atoms with Gasteiger partial charge in [0, 0.05) is 18.7 Å². The molecule has 2 aromatic rings. The Bertz CT molecular complexity index is 1050. The molecule has 174 valence electrons. The van der Waals surface area contributed by atoms with E-state index >= 15 is 0 Å². The first-order valence-electron chi connectivity index (χ1n) is 10.8. The van der Waals surface area contributed by atoms with Gasteiger partial charge in [0.15, 0.2) is 11.5 Å². The van der Waals surface area contributed by atoms with Crippen LogP contribution in [0.1, 0.15) is 43.5 Å². The lowest BCUT2D eigenvalue weighted by Crippen LogP contribution is -2.35. The molecule has 1 amide bonds. The molecule has 1 saturated heterocycles. The van der Waals surface area contributed by atoms with Crippen molar-refractivity contribution in [1.82, 2.24) is 4.31 Å². The average Bonchev–Trinajstić information content (AvgIpc) is 2.81. The fourth-order valence-corrected chi connectivity index (χ4v) is 5.12. The highest BCUT2D eigenvalue weighted by Crippen LogP contribution is 2.32. The maximum absolute atomic E-state index is 13.1. The molecule has 1 aliphatic rings. The number of hydrogen-bond donors (Lipinski definition) is 1. The van der Waals surface area contributed by atoms with E-state index < -0.39 is 15.9 Å². The van der Waals surface area contributed by atoms with E-state index in [2.05, 4.69) is 5.32 Å². The molecule has 1 aliphatic heterocycles. The van der Waals surface area contributed by atoms with Crippen molar-refractivity contribution in [3.63, 3.8) is 0 Å². The van der Waals surface area contributed by atoms with Gasteiger partial charge in [-0.3, -0.25) is 4.79 Å². The van der Waals surface area contributed by atoms with Gasteiger partial charge in [0.2, 0.25) is 10.0 Å². The van der Waals surface area contributed by atoms with Crippen molar-refractivity contribution in [2.45, 2.75) is 38.0 Å². The maximum Gasteiger partial charge on any atom is 0.255 e. The van der Waals surface area contributed by atoms with E-state index in [-0.39, 0.29) is 4.90 Å². The van der Waals surface area contributed by atoms with E-state index in [4.69, 9.17) is 14.2 Å². The number of hydrogen-bond acceptors (Lipinski definition) is 6. The number of sulfonamides is 1. The number of anilines is 1. The minimum Gasteiger partial charge on any atom is -0.493 e. The molecule has 32 heavy (non-hydrogen) atoms. The molecular weight excluding hydrogens is 432 g/mol. The average molecular weight is 463 g/mol. The Kier molecular flexibility index (Phi) is 7.98. The van der Waals surface area contributed by atoms with Gasteiger partial charge in [-0.1, -0.05) is 6.42 Å². The maximum atomic E-state index is 13.1. The van der Waals surface area contributed by atoms with Gasteiger partial charge in [-0.15, -0.1) is 0 Å². The highest BCUT2D eigenvalue weighted by molar-refractivity contribution is 7.89. The number of methoxy groups -OCH3 is 1. The van der Waals surface area contributed by atoms with E-state index in [1.165, 1.54) is 23.5 Å². The molecular formula is C23H30N2O6S. The summed E-state index contributed by atoms with van der Waals surface area (Å²) in [4.78, 5) is 13.1. The third kappa shape index (κ3) is 5.34. The van der Waals surface area contributed by atoms with Crippen molar-refractivity contribution in [3.05, 3.63) is 42.0 Å². The van der Waals surface area contributed by atoms with Gasteiger partial charge in [-0.2, -0.15) is 4.31 Å². The summed E-state index contributed by atoms with van der Waals surface area (Å²) in [6.45, 7) is 5.53. The molecule has 3 rings (SSSR count). The van der Waals surface area contributed by atoms with Crippen LogP contribution in [0.5, 0.6) is 17.2 Å². The van der Waals surface area contributed by atoms with Crippen LogP contribution in [0.2, 0.25) is 0 Å². The molecule has 9 heteroatoms. The van der Waals surface area contributed by atoms with E-state index in [0.29, 0.717) is 54.8 Å². The van der Waals surface area contributed by atoms with E-state index in [1.54, 1.807) is 24.3 Å².